The summed E-state index contributed by atoms with van der Waals surface area (Å²) in [7, 11) is 0. The van der Waals surface area contributed by atoms with Crippen molar-refractivity contribution in [3.63, 3.8) is 0 Å². The summed E-state index contributed by atoms with van der Waals surface area (Å²) < 4.78 is 22.9. The van der Waals surface area contributed by atoms with Crippen LogP contribution in [0.5, 0.6) is 17.2 Å². The van der Waals surface area contributed by atoms with Crippen LogP contribution in [0.1, 0.15) is 10.6 Å². The first-order chi connectivity index (χ1) is 15.1. The normalized spacial score (nSPS) is 11.0. The first-order valence-electron chi connectivity index (χ1n) is 9.27. The molecule has 2 aromatic heterocycles. The number of hydrogen-bond donors (Lipinski definition) is 0. The molecular formula is C24H13BrO6. The van der Waals surface area contributed by atoms with Crippen molar-refractivity contribution in [3.05, 3.63) is 99.5 Å². The molecule has 0 amide bonds. The van der Waals surface area contributed by atoms with E-state index < -0.39 is 5.97 Å². The van der Waals surface area contributed by atoms with Gasteiger partial charge < -0.3 is 18.3 Å². The van der Waals surface area contributed by atoms with E-state index in [1.54, 1.807) is 30.3 Å². The number of carbonyl (C=O) groups excluding carboxylic acids is 1. The van der Waals surface area contributed by atoms with Crippen molar-refractivity contribution in [1.82, 2.24) is 0 Å². The Bertz CT molecular complexity index is 1460. The van der Waals surface area contributed by atoms with E-state index in [4.69, 9.17) is 18.3 Å². The summed E-state index contributed by atoms with van der Waals surface area (Å²) in [6, 6.07) is 20.6. The van der Waals surface area contributed by atoms with Crippen LogP contribution in [-0.4, -0.2) is 5.97 Å². The first-order valence-corrected chi connectivity index (χ1v) is 10.1. The number of esters is 1. The van der Waals surface area contributed by atoms with Crippen LogP contribution in [0, 0.1) is 0 Å². The van der Waals surface area contributed by atoms with Crippen LogP contribution >= 0.6 is 15.9 Å². The maximum atomic E-state index is 12.8. The second-order valence-corrected chi connectivity index (χ2v) is 7.51. The second kappa shape index (κ2) is 7.77. The molecular weight excluding hydrogens is 464 g/mol. The van der Waals surface area contributed by atoms with Crippen molar-refractivity contribution >= 4 is 43.8 Å². The Balaban J connectivity index is 1.42. The molecule has 0 aliphatic carbocycles. The van der Waals surface area contributed by atoms with Crippen molar-refractivity contribution in [2.45, 2.75) is 0 Å². The van der Waals surface area contributed by atoms with Crippen LogP contribution in [0.2, 0.25) is 0 Å². The maximum Gasteiger partial charge on any atom is 0.379 e. The highest BCUT2D eigenvalue weighted by Crippen LogP contribution is 2.29. The zero-order chi connectivity index (χ0) is 21.4. The largest absolute Gasteiger partial charge is 0.460 e. The van der Waals surface area contributed by atoms with Gasteiger partial charge in [-0.15, -0.1) is 0 Å². The van der Waals surface area contributed by atoms with E-state index >= 15 is 0 Å². The van der Waals surface area contributed by atoms with Crippen LogP contribution in [0.15, 0.2) is 97.2 Å². The highest BCUT2D eigenvalue weighted by Gasteiger charge is 2.16. The van der Waals surface area contributed by atoms with E-state index in [9.17, 15) is 9.59 Å². The lowest BCUT2D eigenvalue weighted by Gasteiger charge is -2.08. The van der Waals surface area contributed by atoms with Crippen molar-refractivity contribution in [2.75, 3.05) is 0 Å². The predicted molar refractivity (Wildman–Crippen MR) is 118 cm³/mol. The number of benzene rings is 3. The number of fused-ring (bicyclic) bond motifs is 2. The molecule has 0 radical (unpaired) electrons. The first kappa shape index (κ1) is 19.1. The zero-order valence-electron chi connectivity index (χ0n) is 15.8. The van der Waals surface area contributed by atoms with Gasteiger partial charge in [-0.05, 0) is 52.3 Å². The Morgan fingerprint density at radius 2 is 1.68 bits per heavy atom. The van der Waals surface area contributed by atoms with E-state index in [2.05, 4.69) is 15.9 Å². The molecule has 7 heteroatoms. The molecule has 5 rings (SSSR count). The fourth-order valence-corrected chi connectivity index (χ4v) is 3.48. The smallest absolute Gasteiger partial charge is 0.379 e. The Hall–Kier alpha value is -3.84. The number of furan rings is 1. The Morgan fingerprint density at radius 1 is 0.871 bits per heavy atom. The van der Waals surface area contributed by atoms with Gasteiger partial charge in [0.15, 0.2) is 0 Å². The molecule has 152 valence electrons. The third kappa shape index (κ3) is 3.71. The van der Waals surface area contributed by atoms with Gasteiger partial charge in [0, 0.05) is 11.5 Å². The number of para-hydroxylation sites is 2. The molecule has 0 saturated heterocycles. The number of carbonyl (C=O) groups is 1. The summed E-state index contributed by atoms with van der Waals surface area (Å²) in [5, 5.41) is 1.10. The van der Waals surface area contributed by atoms with Gasteiger partial charge in [-0.3, -0.25) is 4.79 Å². The van der Waals surface area contributed by atoms with Crippen molar-refractivity contribution in [3.8, 4) is 17.2 Å². The molecule has 0 fully saturated rings. The van der Waals surface area contributed by atoms with Gasteiger partial charge in [0.05, 0.1) is 9.86 Å². The van der Waals surface area contributed by atoms with Crippen molar-refractivity contribution in [2.24, 2.45) is 0 Å². The molecule has 0 aliphatic heterocycles. The lowest BCUT2D eigenvalue weighted by molar-refractivity contribution is 0.0704. The van der Waals surface area contributed by atoms with Gasteiger partial charge in [0.2, 0.25) is 16.9 Å². The lowest BCUT2D eigenvalue weighted by Crippen LogP contribution is -2.08. The van der Waals surface area contributed by atoms with Crippen LogP contribution in [0.4, 0.5) is 0 Å². The third-order valence-corrected chi connectivity index (χ3v) is 5.26. The zero-order valence-corrected chi connectivity index (χ0v) is 17.4. The summed E-state index contributed by atoms with van der Waals surface area (Å²) in [4.78, 5) is 25.2. The molecule has 0 bridgehead atoms. The molecule has 0 saturated carbocycles. The van der Waals surface area contributed by atoms with Crippen LogP contribution < -0.4 is 14.9 Å². The fraction of sp³-hybridized carbons (Fsp3) is 0. The molecule has 5 aromatic rings. The van der Waals surface area contributed by atoms with Gasteiger partial charge in [0.1, 0.15) is 28.9 Å². The molecule has 0 unspecified atom stereocenters. The Labute approximate surface area is 183 Å². The molecule has 0 spiro atoms. The Kier molecular flexibility index (Phi) is 4.80. The fourth-order valence-electron chi connectivity index (χ4n) is 3.11. The number of ether oxygens (including phenoxy) is 2. The van der Waals surface area contributed by atoms with E-state index in [1.165, 1.54) is 24.5 Å². The lowest BCUT2D eigenvalue weighted by atomic mass is 10.2. The van der Waals surface area contributed by atoms with Crippen molar-refractivity contribution < 1.29 is 23.1 Å². The molecule has 0 aliphatic rings. The van der Waals surface area contributed by atoms with Gasteiger partial charge >= 0.3 is 5.97 Å². The standard InChI is InChI=1S/C24H13BrO6/c25-17-6-2-4-8-19(17)31-22-13-28-20-12-15(9-10-16(20)23(22)26)29-24(27)21-11-14-5-1-3-7-18(14)30-21/h1-13H. The van der Waals surface area contributed by atoms with Gasteiger partial charge in [-0.2, -0.15) is 0 Å². The van der Waals surface area contributed by atoms with Gasteiger partial charge in [-0.1, -0.05) is 30.3 Å². The van der Waals surface area contributed by atoms with E-state index in [1.807, 2.05) is 24.3 Å². The summed E-state index contributed by atoms with van der Waals surface area (Å²) in [6.07, 6.45) is 1.23. The molecule has 3 aromatic carbocycles. The minimum atomic E-state index is -0.647. The Morgan fingerprint density at radius 3 is 2.52 bits per heavy atom. The molecule has 31 heavy (non-hydrogen) atoms. The average molecular weight is 477 g/mol. The summed E-state index contributed by atoms with van der Waals surface area (Å²) in [5.74, 6) is 0.198. The minimum absolute atomic E-state index is 0.0476. The van der Waals surface area contributed by atoms with Crippen LogP contribution in [0.3, 0.4) is 0 Å². The molecule has 0 N–H and O–H groups in total. The summed E-state index contributed by atoms with van der Waals surface area (Å²) in [5.41, 5.74) is 0.517. The van der Waals surface area contributed by atoms with E-state index in [0.717, 1.165) is 5.39 Å². The van der Waals surface area contributed by atoms with Gasteiger partial charge in [0.25, 0.3) is 0 Å². The summed E-state index contributed by atoms with van der Waals surface area (Å²) in [6.45, 7) is 0. The highest BCUT2D eigenvalue weighted by molar-refractivity contribution is 9.10. The van der Waals surface area contributed by atoms with Gasteiger partial charge in [-0.25, -0.2) is 4.79 Å². The monoisotopic (exact) mass is 476 g/mol. The number of hydrogen-bond acceptors (Lipinski definition) is 6. The van der Waals surface area contributed by atoms with Crippen LogP contribution in [0.25, 0.3) is 21.9 Å². The van der Waals surface area contributed by atoms with E-state index in [-0.39, 0.29) is 28.3 Å². The average Bonchev–Trinajstić information content (AvgIpc) is 3.22. The maximum absolute atomic E-state index is 12.8. The molecule has 6 nitrogen and oxygen atoms in total. The quantitative estimate of drug-likeness (QED) is 0.223. The third-order valence-electron chi connectivity index (χ3n) is 4.61. The molecule has 0 atom stereocenters. The highest BCUT2D eigenvalue weighted by atomic mass is 79.9. The predicted octanol–water partition coefficient (Wildman–Crippen LogP) is 6.31. The number of rotatable bonds is 4. The topological polar surface area (TPSA) is 78.9 Å². The second-order valence-electron chi connectivity index (χ2n) is 6.66. The summed E-state index contributed by atoms with van der Waals surface area (Å²) >= 11 is 3.38. The minimum Gasteiger partial charge on any atom is -0.460 e. The van der Waals surface area contributed by atoms with Crippen molar-refractivity contribution in [1.29, 1.82) is 0 Å². The van der Waals surface area contributed by atoms with E-state index in [0.29, 0.717) is 21.2 Å². The SMILES string of the molecule is O=C(Oc1ccc2c(=O)c(Oc3ccccc3Br)coc2c1)c1cc2ccccc2o1. The molecule has 2 heterocycles. The number of halogens is 1. The van der Waals surface area contributed by atoms with Crippen LogP contribution in [-0.2, 0) is 0 Å².